The van der Waals surface area contributed by atoms with Crippen LogP contribution in [0.5, 0.6) is 5.75 Å². The summed E-state index contributed by atoms with van der Waals surface area (Å²) in [7, 11) is 0. The van der Waals surface area contributed by atoms with Gasteiger partial charge in [-0.3, -0.25) is 10.1 Å². The molecule has 0 spiro atoms. The molecule has 0 aromatic heterocycles. The van der Waals surface area contributed by atoms with Crippen LogP contribution in [-0.4, -0.2) is 16.4 Å². The predicted molar refractivity (Wildman–Crippen MR) is 97.1 cm³/mol. The van der Waals surface area contributed by atoms with Crippen LogP contribution in [0.25, 0.3) is 0 Å². The lowest BCUT2D eigenvalue weighted by atomic mass is 10.1. The molecule has 0 aliphatic carbocycles. The van der Waals surface area contributed by atoms with Crippen LogP contribution in [0, 0.1) is 10.1 Å². The maximum atomic E-state index is 10.6. The second kappa shape index (κ2) is 8.08. The number of alkyl halides is 2. The van der Waals surface area contributed by atoms with Crippen molar-refractivity contribution >= 4 is 53.5 Å². The first kappa shape index (κ1) is 17.4. The van der Waals surface area contributed by atoms with E-state index in [1.165, 1.54) is 12.1 Å². The summed E-state index contributed by atoms with van der Waals surface area (Å²) in [6, 6.07) is 14.1. The highest BCUT2D eigenvalue weighted by Crippen LogP contribution is 2.32. The van der Waals surface area contributed by atoms with Gasteiger partial charge in [-0.15, -0.1) is 0 Å². The molecule has 0 aliphatic heterocycles. The third kappa shape index (κ3) is 4.79. The molecule has 0 N–H and O–H groups in total. The molecular weight excluding hydrogens is 482 g/mol. The third-order valence-corrected chi connectivity index (χ3v) is 6.16. The van der Waals surface area contributed by atoms with Crippen LogP contribution in [0.15, 0.2) is 53.0 Å². The van der Waals surface area contributed by atoms with Crippen LogP contribution < -0.4 is 4.74 Å². The lowest BCUT2D eigenvalue weighted by Gasteiger charge is -2.18. The highest BCUT2D eigenvalue weighted by atomic mass is 79.9. The van der Waals surface area contributed by atoms with Crippen LogP contribution in [0.4, 0.5) is 5.69 Å². The van der Waals surface area contributed by atoms with E-state index in [1.807, 2.05) is 24.3 Å². The van der Waals surface area contributed by atoms with Crippen molar-refractivity contribution < 1.29 is 9.66 Å². The third-order valence-electron chi connectivity index (χ3n) is 2.96. The van der Waals surface area contributed by atoms with Crippen molar-refractivity contribution in [1.82, 2.24) is 0 Å². The minimum atomic E-state index is -0.431. The summed E-state index contributed by atoms with van der Waals surface area (Å²) in [5, 5.41) is 10.6. The van der Waals surface area contributed by atoms with Crippen molar-refractivity contribution in [3.8, 4) is 5.75 Å². The molecule has 2 aromatic rings. The second-order valence-corrected chi connectivity index (χ2v) is 7.61. The Morgan fingerprint density at radius 3 is 2.18 bits per heavy atom. The fourth-order valence-corrected chi connectivity index (χ4v) is 2.94. The summed E-state index contributed by atoms with van der Waals surface area (Å²) >= 11 is 10.7. The Bertz CT molecular complexity index is 631. The number of halogens is 3. The Morgan fingerprint density at radius 1 is 1.05 bits per heavy atom. The monoisotopic (exact) mass is 491 g/mol. The first-order valence-corrected chi connectivity index (χ1v) is 9.00. The molecule has 116 valence electrons. The molecule has 0 bridgehead atoms. The van der Waals surface area contributed by atoms with Gasteiger partial charge in [0.25, 0.3) is 5.69 Å². The van der Waals surface area contributed by atoms with Gasteiger partial charge in [0.1, 0.15) is 12.4 Å². The van der Waals surface area contributed by atoms with E-state index in [0.717, 1.165) is 10.0 Å². The molecule has 0 radical (unpaired) electrons. The van der Waals surface area contributed by atoms with Gasteiger partial charge in [0.05, 0.1) is 14.6 Å². The number of rotatable bonds is 6. The first-order valence-electron chi connectivity index (χ1n) is 6.38. The van der Waals surface area contributed by atoms with Crippen molar-refractivity contribution in [2.24, 2.45) is 0 Å². The molecule has 0 fully saturated rings. The Morgan fingerprint density at radius 2 is 1.64 bits per heavy atom. The Balaban J connectivity index is 1.92. The molecule has 0 heterocycles. The number of hydrogen-bond donors (Lipinski definition) is 0. The predicted octanol–water partition coefficient (Wildman–Crippen LogP) is 5.64. The molecule has 2 aromatic carbocycles. The molecule has 0 amide bonds. The smallest absolute Gasteiger partial charge is 0.269 e. The molecule has 0 saturated heterocycles. The SMILES string of the molecule is O=[N+]([O-])c1ccc(OC[C@H](Br)[C@H](Br)c2ccc(Br)cc2)cc1. The summed E-state index contributed by atoms with van der Waals surface area (Å²) in [6.45, 7) is 0.434. The van der Waals surface area contributed by atoms with Gasteiger partial charge in [-0.2, -0.15) is 0 Å². The van der Waals surface area contributed by atoms with Gasteiger partial charge < -0.3 is 4.74 Å². The van der Waals surface area contributed by atoms with E-state index in [0.29, 0.717) is 12.4 Å². The number of benzene rings is 2. The molecule has 22 heavy (non-hydrogen) atoms. The fourth-order valence-electron chi connectivity index (χ4n) is 1.78. The van der Waals surface area contributed by atoms with Crippen molar-refractivity contribution in [3.05, 3.63) is 68.7 Å². The minimum Gasteiger partial charge on any atom is -0.492 e. The average Bonchev–Trinajstić information content (AvgIpc) is 2.53. The minimum absolute atomic E-state index is 0.0518. The van der Waals surface area contributed by atoms with E-state index in [1.54, 1.807) is 12.1 Å². The van der Waals surface area contributed by atoms with Crippen LogP contribution in [-0.2, 0) is 0 Å². The van der Waals surface area contributed by atoms with Gasteiger partial charge in [0.15, 0.2) is 0 Å². The standard InChI is InChI=1S/C15H12Br3NO3/c16-11-3-1-10(2-4-11)15(18)14(17)9-22-13-7-5-12(6-8-13)19(20)21/h1-8,14-15H,9H2/t14-,15+/m0/s1. The number of nitrogens with zero attached hydrogens (tertiary/aromatic N) is 1. The van der Waals surface area contributed by atoms with E-state index in [9.17, 15) is 10.1 Å². The largest absolute Gasteiger partial charge is 0.492 e. The van der Waals surface area contributed by atoms with Crippen molar-refractivity contribution in [2.75, 3.05) is 6.61 Å². The van der Waals surface area contributed by atoms with Gasteiger partial charge >= 0.3 is 0 Å². The lowest BCUT2D eigenvalue weighted by Crippen LogP contribution is -2.16. The fraction of sp³-hybridized carbons (Fsp3) is 0.200. The molecule has 2 rings (SSSR count). The van der Waals surface area contributed by atoms with E-state index in [4.69, 9.17) is 4.74 Å². The topological polar surface area (TPSA) is 52.4 Å². The molecular formula is C15H12Br3NO3. The molecule has 0 saturated carbocycles. The average molecular weight is 494 g/mol. The molecule has 2 atom stereocenters. The lowest BCUT2D eigenvalue weighted by molar-refractivity contribution is -0.384. The maximum absolute atomic E-state index is 10.6. The van der Waals surface area contributed by atoms with E-state index < -0.39 is 4.92 Å². The Hall–Kier alpha value is -0.920. The summed E-state index contributed by atoms with van der Waals surface area (Å²) < 4.78 is 6.69. The van der Waals surface area contributed by atoms with Gasteiger partial charge in [-0.05, 0) is 29.8 Å². The molecule has 0 unspecified atom stereocenters. The maximum Gasteiger partial charge on any atom is 0.269 e. The van der Waals surface area contributed by atoms with Crippen LogP contribution in [0.3, 0.4) is 0 Å². The number of nitro groups is 1. The summed E-state index contributed by atoms with van der Waals surface area (Å²) in [5.74, 6) is 0.602. The summed E-state index contributed by atoms with van der Waals surface area (Å²) in [4.78, 5) is 10.3. The Kier molecular flexibility index (Phi) is 6.40. The van der Waals surface area contributed by atoms with E-state index in [2.05, 4.69) is 47.8 Å². The van der Waals surface area contributed by atoms with Gasteiger partial charge in [-0.25, -0.2) is 0 Å². The number of nitro benzene ring substituents is 1. The molecule has 7 heteroatoms. The highest BCUT2D eigenvalue weighted by Gasteiger charge is 2.18. The van der Waals surface area contributed by atoms with Crippen LogP contribution in [0.1, 0.15) is 10.4 Å². The Labute approximate surface area is 153 Å². The summed E-state index contributed by atoms with van der Waals surface area (Å²) in [5.41, 5.74) is 1.19. The normalized spacial score (nSPS) is 13.4. The van der Waals surface area contributed by atoms with Crippen molar-refractivity contribution in [2.45, 2.75) is 9.65 Å². The first-order chi connectivity index (χ1) is 10.5. The van der Waals surface area contributed by atoms with Gasteiger partial charge in [-0.1, -0.05) is 59.9 Å². The van der Waals surface area contributed by atoms with Crippen molar-refractivity contribution in [3.63, 3.8) is 0 Å². The quantitative estimate of drug-likeness (QED) is 0.297. The second-order valence-electron chi connectivity index (χ2n) is 4.53. The zero-order valence-corrected chi connectivity index (χ0v) is 16.0. The van der Waals surface area contributed by atoms with Gasteiger partial charge in [0, 0.05) is 16.6 Å². The van der Waals surface area contributed by atoms with Crippen LogP contribution in [0.2, 0.25) is 0 Å². The van der Waals surface area contributed by atoms with Crippen LogP contribution >= 0.6 is 47.8 Å². The zero-order valence-electron chi connectivity index (χ0n) is 11.3. The van der Waals surface area contributed by atoms with Gasteiger partial charge in [0.2, 0.25) is 0 Å². The molecule has 0 aliphatic rings. The zero-order chi connectivity index (χ0) is 16.1. The highest BCUT2D eigenvalue weighted by molar-refractivity contribution is 9.12. The number of non-ortho nitro benzene ring substituents is 1. The summed E-state index contributed by atoms with van der Waals surface area (Å²) in [6.07, 6.45) is 0. The van der Waals surface area contributed by atoms with Crippen molar-refractivity contribution in [1.29, 1.82) is 0 Å². The number of ether oxygens (including phenoxy) is 1. The van der Waals surface area contributed by atoms with E-state index >= 15 is 0 Å². The number of hydrogen-bond acceptors (Lipinski definition) is 3. The molecule has 4 nitrogen and oxygen atoms in total. The van der Waals surface area contributed by atoms with E-state index in [-0.39, 0.29) is 15.3 Å².